The standard InChI is InChI=1S/C11H7BrN4OS2/c1-6-13-11(19-16-6)18-10-15-14-9(17-10)7-2-4-8(12)5-3-7/h2-5H,1H3. The average Bonchev–Trinajstić information content (AvgIpc) is 3.00. The van der Waals surface area contributed by atoms with Crippen molar-refractivity contribution < 1.29 is 4.42 Å². The maximum atomic E-state index is 5.59. The number of rotatable bonds is 3. The molecule has 8 heteroatoms. The summed E-state index contributed by atoms with van der Waals surface area (Å²) in [5.74, 6) is 1.25. The fourth-order valence-electron chi connectivity index (χ4n) is 1.35. The van der Waals surface area contributed by atoms with Crippen LogP contribution in [0.15, 0.2) is 42.7 Å². The van der Waals surface area contributed by atoms with Crippen molar-refractivity contribution in [3.8, 4) is 11.5 Å². The molecule has 0 aliphatic heterocycles. The Hall–Kier alpha value is -1.25. The molecule has 0 N–H and O–H groups in total. The van der Waals surface area contributed by atoms with E-state index in [1.165, 1.54) is 23.3 Å². The normalized spacial score (nSPS) is 10.8. The third-order valence-electron chi connectivity index (χ3n) is 2.18. The van der Waals surface area contributed by atoms with Gasteiger partial charge in [0.2, 0.25) is 5.89 Å². The molecular weight excluding hydrogens is 348 g/mol. The molecule has 0 bridgehead atoms. The van der Waals surface area contributed by atoms with Crippen LogP contribution in [-0.4, -0.2) is 19.6 Å². The van der Waals surface area contributed by atoms with Gasteiger partial charge in [0.1, 0.15) is 5.82 Å². The fraction of sp³-hybridized carbons (Fsp3) is 0.0909. The van der Waals surface area contributed by atoms with E-state index in [-0.39, 0.29) is 0 Å². The zero-order valence-electron chi connectivity index (χ0n) is 9.70. The number of nitrogens with zero attached hydrogens (tertiary/aromatic N) is 4. The minimum absolute atomic E-state index is 0.467. The van der Waals surface area contributed by atoms with Gasteiger partial charge in [0.15, 0.2) is 4.34 Å². The van der Waals surface area contributed by atoms with E-state index in [1.807, 2.05) is 31.2 Å². The Balaban J connectivity index is 1.81. The Morgan fingerprint density at radius 1 is 1.21 bits per heavy atom. The van der Waals surface area contributed by atoms with Crippen LogP contribution in [0.25, 0.3) is 11.5 Å². The van der Waals surface area contributed by atoms with Crippen molar-refractivity contribution in [2.24, 2.45) is 0 Å². The van der Waals surface area contributed by atoms with E-state index in [9.17, 15) is 0 Å². The first kappa shape index (κ1) is 12.8. The number of aryl methyl sites for hydroxylation is 1. The van der Waals surface area contributed by atoms with Gasteiger partial charge in [0.25, 0.3) is 5.22 Å². The van der Waals surface area contributed by atoms with Crippen molar-refractivity contribution in [2.45, 2.75) is 16.5 Å². The topological polar surface area (TPSA) is 64.7 Å². The van der Waals surface area contributed by atoms with Gasteiger partial charge in [-0.2, -0.15) is 4.37 Å². The zero-order valence-corrected chi connectivity index (χ0v) is 12.9. The zero-order chi connectivity index (χ0) is 13.2. The molecule has 0 spiro atoms. The van der Waals surface area contributed by atoms with E-state index >= 15 is 0 Å². The lowest BCUT2D eigenvalue weighted by Crippen LogP contribution is -1.76. The Bertz CT molecular complexity index is 695. The van der Waals surface area contributed by atoms with Gasteiger partial charge in [0, 0.05) is 21.8 Å². The predicted molar refractivity (Wildman–Crippen MR) is 76.2 cm³/mol. The van der Waals surface area contributed by atoms with Crippen molar-refractivity contribution in [1.82, 2.24) is 19.6 Å². The van der Waals surface area contributed by atoms with Gasteiger partial charge in [-0.15, -0.1) is 10.2 Å². The lowest BCUT2D eigenvalue weighted by molar-refractivity contribution is 0.466. The summed E-state index contributed by atoms with van der Waals surface area (Å²) in [6.45, 7) is 1.85. The quantitative estimate of drug-likeness (QED) is 0.712. The Morgan fingerprint density at radius 3 is 2.68 bits per heavy atom. The van der Waals surface area contributed by atoms with E-state index in [1.54, 1.807) is 0 Å². The summed E-state index contributed by atoms with van der Waals surface area (Å²) < 4.78 is 11.5. The lowest BCUT2D eigenvalue weighted by atomic mass is 10.2. The first-order valence-corrected chi connectivity index (χ1v) is 7.66. The molecular formula is C11H7BrN4OS2. The molecule has 19 heavy (non-hydrogen) atoms. The number of halogens is 1. The van der Waals surface area contributed by atoms with Crippen molar-refractivity contribution in [3.05, 3.63) is 34.6 Å². The average molecular weight is 355 g/mol. The third-order valence-corrected chi connectivity index (χ3v) is 4.39. The maximum absolute atomic E-state index is 5.59. The summed E-state index contributed by atoms with van der Waals surface area (Å²) in [7, 11) is 0. The van der Waals surface area contributed by atoms with Gasteiger partial charge in [-0.3, -0.25) is 0 Å². The van der Waals surface area contributed by atoms with Gasteiger partial charge < -0.3 is 4.42 Å². The molecule has 0 saturated heterocycles. The van der Waals surface area contributed by atoms with Crippen LogP contribution in [0.5, 0.6) is 0 Å². The van der Waals surface area contributed by atoms with Gasteiger partial charge in [-0.05, 0) is 42.7 Å². The Kier molecular flexibility index (Phi) is 3.63. The highest BCUT2D eigenvalue weighted by molar-refractivity contribution is 9.10. The van der Waals surface area contributed by atoms with Crippen LogP contribution in [0.4, 0.5) is 0 Å². The largest absolute Gasteiger partial charge is 0.411 e. The van der Waals surface area contributed by atoms with Crippen LogP contribution in [0.2, 0.25) is 0 Å². The highest BCUT2D eigenvalue weighted by atomic mass is 79.9. The molecule has 1 aromatic carbocycles. The summed E-state index contributed by atoms with van der Waals surface area (Å²) in [5.41, 5.74) is 0.885. The predicted octanol–water partition coefficient (Wildman–Crippen LogP) is 3.81. The van der Waals surface area contributed by atoms with Crippen LogP contribution in [0.1, 0.15) is 5.82 Å². The van der Waals surface area contributed by atoms with E-state index < -0.39 is 0 Å². The van der Waals surface area contributed by atoms with Crippen LogP contribution in [0.3, 0.4) is 0 Å². The van der Waals surface area contributed by atoms with Crippen molar-refractivity contribution in [1.29, 1.82) is 0 Å². The molecule has 0 saturated carbocycles. The van der Waals surface area contributed by atoms with Crippen LogP contribution < -0.4 is 0 Å². The second-order valence-corrected chi connectivity index (χ2v) is 6.46. The highest BCUT2D eigenvalue weighted by Gasteiger charge is 2.12. The molecule has 0 atom stereocenters. The first-order chi connectivity index (χ1) is 9.20. The molecule has 0 fully saturated rings. The molecule has 0 aliphatic rings. The third kappa shape index (κ3) is 3.02. The summed E-state index contributed by atoms with van der Waals surface area (Å²) in [6.07, 6.45) is 0. The van der Waals surface area contributed by atoms with E-state index in [0.29, 0.717) is 11.1 Å². The summed E-state index contributed by atoms with van der Waals surface area (Å²) in [6, 6.07) is 7.70. The van der Waals surface area contributed by atoms with Gasteiger partial charge in [-0.25, -0.2) is 4.98 Å². The molecule has 0 aliphatic carbocycles. The van der Waals surface area contributed by atoms with Gasteiger partial charge in [0.05, 0.1) is 0 Å². The Morgan fingerprint density at radius 2 is 2.00 bits per heavy atom. The summed E-state index contributed by atoms with van der Waals surface area (Å²) >= 11 is 6.03. The maximum Gasteiger partial charge on any atom is 0.284 e. The molecule has 5 nitrogen and oxygen atoms in total. The number of hydrogen-bond acceptors (Lipinski definition) is 7. The van der Waals surface area contributed by atoms with Crippen LogP contribution in [-0.2, 0) is 0 Å². The molecule has 2 heterocycles. The van der Waals surface area contributed by atoms with Crippen molar-refractivity contribution >= 4 is 39.2 Å². The van der Waals surface area contributed by atoms with Crippen molar-refractivity contribution in [3.63, 3.8) is 0 Å². The molecule has 3 aromatic rings. The minimum atomic E-state index is 0.467. The number of aromatic nitrogens is 4. The SMILES string of the molecule is Cc1nsc(Sc2nnc(-c3ccc(Br)cc3)o2)n1. The minimum Gasteiger partial charge on any atom is -0.411 e. The molecule has 0 unspecified atom stereocenters. The summed E-state index contributed by atoms with van der Waals surface area (Å²) in [5, 5.41) is 8.48. The van der Waals surface area contributed by atoms with E-state index in [4.69, 9.17) is 4.42 Å². The molecule has 0 amide bonds. The van der Waals surface area contributed by atoms with E-state index in [0.717, 1.165) is 20.2 Å². The lowest BCUT2D eigenvalue weighted by Gasteiger charge is -1.94. The molecule has 2 aromatic heterocycles. The molecule has 96 valence electrons. The highest BCUT2D eigenvalue weighted by Crippen LogP contribution is 2.30. The van der Waals surface area contributed by atoms with Crippen LogP contribution in [0, 0.1) is 6.92 Å². The molecule has 3 rings (SSSR count). The molecule has 0 radical (unpaired) electrons. The van der Waals surface area contributed by atoms with Gasteiger partial charge >= 0.3 is 0 Å². The first-order valence-electron chi connectivity index (χ1n) is 5.28. The monoisotopic (exact) mass is 354 g/mol. The number of hydrogen-bond donors (Lipinski definition) is 0. The summed E-state index contributed by atoms with van der Waals surface area (Å²) in [4.78, 5) is 4.24. The number of benzene rings is 1. The second kappa shape index (κ2) is 5.40. The van der Waals surface area contributed by atoms with Crippen molar-refractivity contribution in [2.75, 3.05) is 0 Å². The Labute approximate surface area is 125 Å². The fourth-order valence-corrected chi connectivity index (χ4v) is 3.05. The van der Waals surface area contributed by atoms with E-state index in [2.05, 4.69) is 35.5 Å². The smallest absolute Gasteiger partial charge is 0.284 e. The van der Waals surface area contributed by atoms with Crippen LogP contribution >= 0.6 is 39.2 Å². The second-order valence-electron chi connectivity index (χ2n) is 3.59. The van der Waals surface area contributed by atoms with Gasteiger partial charge in [-0.1, -0.05) is 15.9 Å².